The van der Waals surface area contributed by atoms with Crippen molar-refractivity contribution in [3.63, 3.8) is 0 Å². The summed E-state index contributed by atoms with van der Waals surface area (Å²) in [5.41, 5.74) is 6.16. The van der Waals surface area contributed by atoms with Crippen molar-refractivity contribution >= 4 is 0 Å². The van der Waals surface area contributed by atoms with Gasteiger partial charge in [-0.1, -0.05) is 95.6 Å². The lowest BCUT2D eigenvalue weighted by Crippen LogP contribution is -2.12. The molecule has 0 saturated carbocycles. The number of hydrogen-bond acceptors (Lipinski definition) is 0. The van der Waals surface area contributed by atoms with Gasteiger partial charge in [0, 0.05) is 0 Å². The van der Waals surface area contributed by atoms with Gasteiger partial charge in [0.2, 0.25) is 0 Å². The first-order valence-corrected chi connectivity index (χ1v) is 8.15. The Morgan fingerprint density at radius 3 is 1.59 bits per heavy atom. The van der Waals surface area contributed by atoms with Crippen LogP contribution in [0.2, 0.25) is 0 Å². The lowest BCUT2D eigenvalue weighted by Gasteiger charge is -2.21. The van der Waals surface area contributed by atoms with E-state index in [9.17, 15) is 0 Å². The second-order valence-corrected chi connectivity index (χ2v) is 8.18. The van der Waals surface area contributed by atoms with Gasteiger partial charge >= 0.3 is 0 Å². The molecule has 0 N–H and O–H groups in total. The molecule has 2 aromatic carbocycles. The van der Waals surface area contributed by atoms with E-state index in [1.165, 1.54) is 22.3 Å². The Kier molecular flexibility index (Phi) is 6.00. The molecule has 2 aromatic rings. The zero-order valence-electron chi connectivity index (χ0n) is 15.6. The van der Waals surface area contributed by atoms with Gasteiger partial charge in [0.05, 0.1) is 0 Å². The molecule has 0 aliphatic heterocycles. The van der Waals surface area contributed by atoms with Crippen molar-refractivity contribution < 1.29 is 0 Å². The minimum Gasteiger partial charge on any atom is -0.0620 e. The molecular weight excluding hydrogens is 264 g/mol. The summed E-state index contributed by atoms with van der Waals surface area (Å²) < 4.78 is 0. The number of benzene rings is 2. The van der Waals surface area contributed by atoms with Crippen molar-refractivity contribution in [2.45, 2.75) is 66.2 Å². The smallest absolute Gasteiger partial charge is 0.0129 e. The molecule has 0 spiro atoms. The molecule has 0 aliphatic rings. The number of aryl methyl sites for hydroxylation is 2. The van der Waals surface area contributed by atoms with Gasteiger partial charge in [-0.3, -0.25) is 0 Å². The summed E-state index contributed by atoms with van der Waals surface area (Å²) in [6, 6.07) is 17.3. The van der Waals surface area contributed by atoms with Crippen LogP contribution in [-0.2, 0) is 10.8 Å². The monoisotopic (exact) mass is 296 g/mol. The molecule has 0 nitrogen and oxygen atoms in total. The van der Waals surface area contributed by atoms with E-state index in [4.69, 9.17) is 0 Å². The molecule has 2 rings (SSSR count). The van der Waals surface area contributed by atoms with Crippen LogP contribution in [0.15, 0.2) is 48.5 Å². The summed E-state index contributed by atoms with van der Waals surface area (Å²) in [4.78, 5) is 0. The molecule has 0 radical (unpaired) electrons. The fourth-order valence-electron chi connectivity index (χ4n) is 2.53. The zero-order valence-corrected chi connectivity index (χ0v) is 15.6. The third-order valence-electron chi connectivity index (χ3n) is 3.84. The highest BCUT2D eigenvalue weighted by molar-refractivity contribution is 5.31. The topological polar surface area (TPSA) is 0 Å². The molecule has 0 heteroatoms. The highest BCUT2D eigenvalue weighted by atomic mass is 14.2. The summed E-state index contributed by atoms with van der Waals surface area (Å²) in [5, 5.41) is 0. The van der Waals surface area contributed by atoms with Crippen molar-refractivity contribution in [3.8, 4) is 0 Å². The van der Waals surface area contributed by atoms with E-state index in [0.717, 1.165) is 0 Å². The fraction of sp³-hybridized carbons (Fsp3) is 0.455. The molecule has 0 atom stereocenters. The Bertz CT molecular complexity index is 592. The minimum absolute atomic E-state index is 0.283. The van der Waals surface area contributed by atoms with Crippen LogP contribution in [0.25, 0.3) is 0 Å². The summed E-state index contributed by atoms with van der Waals surface area (Å²) in [6.45, 7) is 17.8. The van der Waals surface area contributed by atoms with Crippen molar-refractivity contribution in [1.29, 1.82) is 0 Å². The van der Waals surface area contributed by atoms with Crippen LogP contribution in [0.3, 0.4) is 0 Å². The second-order valence-electron chi connectivity index (χ2n) is 8.18. The van der Waals surface area contributed by atoms with Gasteiger partial charge in [-0.15, -0.1) is 0 Å². The maximum Gasteiger partial charge on any atom is -0.0129 e. The van der Waals surface area contributed by atoms with Crippen LogP contribution < -0.4 is 0 Å². The Hall–Kier alpha value is -1.56. The Labute approximate surface area is 137 Å². The van der Waals surface area contributed by atoms with E-state index in [-0.39, 0.29) is 10.8 Å². The predicted molar refractivity (Wildman–Crippen MR) is 99.8 cm³/mol. The highest BCUT2D eigenvalue weighted by Crippen LogP contribution is 2.24. The Morgan fingerprint density at radius 2 is 1.23 bits per heavy atom. The van der Waals surface area contributed by atoms with Crippen LogP contribution in [-0.4, -0.2) is 0 Å². The molecule has 0 fully saturated rings. The molecular formula is C22H32. The maximum atomic E-state index is 2.25. The van der Waals surface area contributed by atoms with Gasteiger partial charge in [-0.25, -0.2) is 0 Å². The van der Waals surface area contributed by atoms with Gasteiger partial charge in [-0.05, 0) is 41.4 Å². The van der Waals surface area contributed by atoms with E-state index in [2.05, 4.69) is 104 Å². The van der Waals surface area contributed by atoms with Crippen molar-refractivity contribution in [2.24, 2.45) is 0 Å². The molecule has 0 bridgehead atoms. The first kappa shape index (κ1) is 18.5. The predicted octanol–water partition coefficient (Wildman–Crippen LogP) is 6.59. The fourth-order valence-corrected chi connectivity index (χ4v) is 2.53. The standard InChI is InChI=1S/2C11H16/c1-9-6-5-7-10(8-9)11(2,3)4;1-9-7-5-6-8-10(9)11(2,3)4/h2*5-8H,1-4H3. The summed E-state index contributed by atoms with van der Waals surface area (Å²) in [6.07, 6.45) is 0. The normalized spacial score (nSPS) is 11.6. The van der Waals surface area contributed by atoms with E-state index >= 15 is 0 Å². The molecule has 0 unspecified atom stereocenters. The van der Waals surface area contributed by atoms with Crippen LogP contribution in [0.5, 0.6) is 0 Å². The average molecular weight is 296 g/mol. The summed E-state index contributed by atoms with van der Waals surface area (Å²) >= 11 is 0. The first-order chi connectivity index (χ1) is 10.0. The molecule has 0 aromatic heterocycles. The van der Waals surface area contributed by atoms with Crippen molar-refractivity contribution in [1.82, 2.24) is 0 Å². The van der Waals surface area contributed by atoms with Crippen LogP contribution >= 0.6 is 0 Å². The van der Waals surface area contributed by atoms with Crippen LogP contribution in [0.4, 0.5) is 0 Å². The first-order valence-electron chi connectivity index (χ1n) is 8.15. The third kappa shape index (κ3) is 5.67. The quantitative estimate of drug-likeness (QED) is 0.514. The van der Waals surface area contributed by atoms with Crippen LogP contribution in [0, 0.1) is 13.8 Å². The van der Waals surface area contributed by atoms with Gasteiger partial charge in [0.15, 0.2) is 0 Å². The molecule has 0 amide bonds. The van der Waals surface area contributed by atoms with Crippen molar-refractivity contribution in [2.75, 3.05) is 0 Å². The lowest BCUT2D eigenvalue weighted by molar-refractivity contribution is 0.586. The number of hydrogen-bond donors (Lipinski definition) is 0. The third-order valence-corrected chi connectivity index (χ3v) is 3.84. The van der Waals surface area contributed by atoms with Gasteiger partial charge in [0.25, 0.3) is 0 Å². The van der Waals surface area contributed by atoms with Crippen LogP contribution in [0.1, 0.15) is 63.8 Å². The minimum atomic E-state index is 0.283. The summed E-state index contributed by atoms with van der Waals surface area (Å²) in [7, 11) is 0. The largest absolute Gasteiger partial charge is 0.0620 e. The summed E-state index contributed by atoms with van der Waals surface area (Å²) in [5.74, 6) is 0. The van der Waals surface area contributed by atoms with Gasteiger partial charge in [0.1, 0.15) is 0 Å². The second kappa shape index (κ2) is 7.13. The zero-order chi connectivity index (χ0) is 17.0. The Balaban J connectivity index is 0.000000220. The van der Waals surface area contributed by atoms with Gasteiger partial charge < -0.3 is 0 Å². The molecule has 22 heavy (non-hydrogen) atoms. The van der Waals surface area contributed by atoms with Crippen molar-refractivity contribution in [3.05, 3.63) is 70.8 Å². The van der Waals surface area contributed by atoms with Gasteiger partial charge in [-0.2, -0.15) is 0 Å². The van der Waals surface area contributed by atoms with E-state index in [1.54, 1.807) is 0 Å². The van der Waals surface area contributed by atoms with E-state index < -0.39 is 0 Å². The van der Waals surface area contributed by atoms with E-state index in [0.29, 0.717) is 0 Å². The SMILES string of the molecule is Cc1cccc(C(C)(C)C)c1.Cc1ccccc1C(C)(C)C. The lowest BCUT2D eigenvalue weighted by atomic mass is 9.84. The number of rotatable bonds is 0. The molecule has 0 saturated heterocycles. The maximum absolute atomic E-state index is 2.25. The molecule has 0 aliphatic carbocycles. The Morgan fingerprint density at radius 1 is 0.636 bits per heavy atom. The molecule has 0 heterocycles. The average Bonchev–Trinajstić information content (AvgIpc) is 2.37. The van der Waals surface area contributed by atoms with E-state index in [1.807, 2.05) is 0 Å². The highest BCUT2D eigenvalue weighted by Gasteiger charge is 2.14. The molecule has 120 valence electrons.